The average Bonchev–Trinajstić information content (AvgIpc) is 3.04. The Bertz CT molecular complexity index is 615. The summed E-state index contributed by atoms with van der Waals surface area (Å²) >= 11 is 0. The number of amides is 2. The van der Waals surface area contributed by atoms with E-state index in [9.17, 15) is 4.79 Å². The molecule has 1 N–H and O–H groups in total. The van der Waals surface area contributed by atoms with Gasteiger partial charge in [-0.15, -0.1) is 0 Å². The van der Waals surface area contributed by atoms with Crippen LogP contribution in [0, 0.1) is 0 Å². The number of para-hydroxylation sites is 1. The predicted molar refractivity (Wildman–Crippen MR) is 86.9 cm³/mol. The van der Waals surface area contributed by atoms with E-state index in [1.165, 1.54) is 0 Å². The lowest BCUT2D eigenvalue weighted by atomic mass is 9.96. The number of hydrogen-bond acceptors (Lipinski definition) is 2. The monoisotopic (exact) mass is 298 g/mol. The fourth-order valence-electron chi connectivity index (χ4n) is 3.01. The molecule has 0 atom stereocenters. The summed E-state index contributed by atoms with van der Waals surface area (Å²) in [6.45, 7) is 4.64. The Labute approximate surface area is 131 Å². The van der Waals surface area contributed by atoms with E-state index < -0.39 is 0 Å². The summed E-state index contributed by atoms with van der Waals surface area (Å²) in [7, 11) is 0. The van der Waals surface area contributed by atoms with Crippen molar-refractivity contribution in [1.82, 2.24) is 14.5 Å². The van der Waals surface area contributed by atoms with Crippen LogP contribution in [0.15, 0.2) is 42.7 Å². The van der Waals surface area contributed by atoms with Gasteiger partial charge in [0, 0.05) is 43.6 Å². The Morgan fingerprint density at radius 1 is 1.27 bits per heavy atom. The van der Waals surface area contributed by atoms with E-state index in [4.69, 9.17) is 0 Å². The van der Waals surface area contributed by atoms with Gasteiger partial charge < -0.3 is 14.8 Å². The predicted octanol–water partition coefficient (Wildman–Crippen LogP) is 3.31. The second-order valence-electron chi connectivity index (χ2n) is 5.63. The molecule has 1 aromatic carbocycles. The molecule has 2 amide bonds. The summed E-state index contributed by atoms with van der Waals surface area (Å²) in [4.78, 5) is 18.7. The second kappa shape index (κ2) is 6.64. The van der Waals surface area contributed by atoms with Crippen molar-refractivity contribution in [2.24, 2.45) is 0 Å². The van der Waals surface area contributed by atoms with Gasteiger partial charge in [0.05, 0.1) is 0 Å². The molecule has 0 bridgehead atoms. The number of anilines is 1. The molecule has 0 radical (unpaired) electrons. The maximum Gasteiger partial charge on any atom is 0.321 e. The van der Waals surface area contributed by atoms with Crippen molar-refractivity contribution in [3.05, 3.63) is 48.5 Å². The first-order chi connectivity index (χ1) is 10.8. The molecule has 1 saturated heterocycles. The van der Waals surface area contributed by atoms with E-state index in [-0.39, 0.29) is 6.03 Å². The Balaban J connectivity index is 1.56. The zero-order chi connectivity index (χ0) is 15.4. The molecule has 0 unspecified atom stereocenters. The lowest BCUT2D eigenvalue weighted by Gasteiger charge is -2.31. The van der Waals surface area contributed by atoms with Crippen LogP contribution in [0.5, 0.6) is 0 Å². The molecule has 5 heteroatoms. The molecule has 3 rings (SSSR count). The molecule has 2 heterocycles. The highest BCUT2D eigenvalue weighted by Crippen LogP contribution is 2.27. The normalized spacial score (nSPS) is 15.8. The van der Waals surface area contributed by atoms with Gasteiger partial charge in [-0.2, -0.15) is 0 Å². The molecule has 1 aromatic heterocycles. The largest absolute Gasteiger partial charge is 0.335 e. The average molecular weight is 298 g/mol. The number of hydrogen-bond donors (Lipinski definition) is 1. The van der Waals surface area contributed by atoms with Gasteiger partial charge >= 0.3 is 6.03 Å². The molecule has 0 saturated carbocycles. The fourth-order valence-corrected chi connectivity index (χ4v) is 3.01. The molecule has 22 heavy (non-hydrogen) atoms. The Hall–Kier alpha value is -2.30. The quantitative estimate of drug-likeness (QED) is 0.945. The molecule has 0 spiro atoms. The molecule has 1 aliphatic rings. The number of rotatable bonds is 3. The number of aromatic nitrogens is 2. The van der Waals surface area contributed by atoms with Crippen molar-refractivity contribution in [3.8, 4) is 0 Å². The van der Waals surface area contributed by atoms with Crippen molar-refractivity contribution >= 4 is 11.7 Å². The first kappa shape index (κ1) is 14.6. The van der Waals surface area contributed by atoms with E-state index in [1.807, 2.05) is 47.6 Å². The van der Waals surface area contributed by atoms with Crippen molar-refractivity contribution < 1.29 is 4.79 Å². The summed E-state index contributed by atoms with van der Waals surface area (Å²) in [6.07, 6.45) is 5.84. The van der Waals surface area contributed by atoms with E-state index in [2.05, 4.69) is 21.8 Å². The summed E-state index contributed by atoms with van der Waals surface area (Å²) < 4.78 is 2.20. The second-order valence-corrected chi connectivity index (χ2v) is 5.63. The minimum Gasteiger partial charge on any atom is -0.335 e. The molecule has 1 aliphatic heterocycles. The molecule has 1 fully saturated rings. The van der Waals surface area contributed by atoms with Crippen molar-refractivity contribution in [2.75, 3.05) is 18.4 Å². The Morgan fingerprint density at radius 2 is 2.00 bits per heavy atom. The number of nitrogens with zero attached hydrogens (tertiary/aromatic N) is 3. The third-order valence-corrected chi connectivity index (χ3v) is 4.26. The van der Waals surface area contributed by atoms with Gasteiger partial charge in [0.2, 0.25) is 0 Å². The number of benzene rings is 1. The SMILES string of the molecule is CCn1ccnc1C1CCN(C(=O)Nc2ccccc2)CC1. The summed E-state index contributed by atoms with van der Waals surface area (Å²) in [5, 5.41) is 2.95. The van der Waals surface area contributed by atoms with Gasteiger partial charge in [-0.3, -0.25) is 0 Å². The zero-order valence-electron chi connectivity index (χ0n) is 12.9. The van der Waals surface area contributed by atoms with Crippen LogP contribution in [0.1, 0.15) is 31.5 Å². The molecule has 0 aliphatic carbocycles. The molecule has 5 nitrogen and oxygen atoms in total. The van der Waals surface area contributed by atoms with Crippen LogP contribution in [0.25, 0.3) is 0 Å². The summed E-state index contributed by atoms with van der Waals surface area (Å²) in [5.41, 5.74) is 0.844. The van der Waals surface area contributed by atoms with Crippen molar-refractivity contribution in [3.63, 3.8) is 0 Å². The lowest BCUT2D eigenvalue weighted by molar-refractivity contribution is 0.193. The van der Waals surface area contributed by atoms with E-state index in [0.29, 0.717) is 5.92 Å². The smallest absolute Gasteiger partial charge is 0.321 e. The van der Waals surface area contributed by atoms with Crippen LogP contribution >= 0.6 is 0 Å². The number of carbonyl (C=O) groups excluding carboxylic acids is 1. The number of carbonyl (C=O) groups is 1. The highest BCUT2D eigenvalue weighted by Gasteiger charge is 2.26. The highest BCUT2D eigenvalue weighted by atomic mass is 16.2. The van der Waals surface area contributed by atoms with Gasteiger partial charge in [0.25, 0.3) is 0 Å². The minimum atomic E-state index is -0.0107. The number of likely N-dealkylation sites (tertiary alicyclic amines) is 1. The van der Waals surface area contributed by atoms with Crippen molar-refractivity contribution in [1.29, 1.82) is 0 Å². The Morgan fingerprint density at radius 3 is 2.68 bits per heavy atom. The Kier molecular flexibility index (Phi) is 4.42. The molecule has 116 valence electrons. The van der Waals surface area contributed by atoms with Crippen LogP contribution in [0.3, 0.4) is 0 Å². The van der Waals surface area contributed by atoms with Crippen LogP contribution in [-0.4, -0.2) is 33.6 Å². The number of urea groups is 1. The molecule has 2 aromatic rings. The standard InChI is InChI=1S/C17H22N4O/c1-2-20-13-10-18-16(20)14-8-11-21(12-9-14)17(22)19-15-6-4-3-5-7-15/h3-7,10,13-14H,2,8-9,11-12H2,1H3,(H,19,22). The van der Waals surface area contributed by atoms with Gasteiger partial charge in [-0.25, -0.2) is 9.78 Å². The lowest BCUT2D eigenvalue weighted by Crippen LogP contribution is -2.40. The third kappa shape index (κ3) is 3.13. The maximum atomic E-state index is 12.3. The number of piperidine rings is 1. The topological polar surface area (TPSA) is 50.2 Å². The third-order valence-electron chi connectivity index (χ3n) is 4.26. The molecular weight excluding hydrogens is 276 g/mol. The first-order valence-corrected chi connectivity index (χ1v) is 7.90. The summed E-state index contributed by atoms with van der Waals surface area (Å²) in [5.74, 6) is 1.61. The number of imidazole rings is 1. The fraction of sp³-hybridized carbons (Fsp3) is 0.412. The molecular formula is C17H22N4O. The summed E-state index contributed by atoms with van der Waals surface area (Å²) in [6, 6.07) is 9.59. The number of aryl methyl sites for hydroxylation is 1. The van der Waals surface area contributed by atoms with Gasteiger partial charge in [0.15, 0.2) is 0 Å². The maximum absolute atomic E-state index is 12.3. The van der Waals surface area contributed by atoms with E-state index in [1.54, 1.807) is 0 Å². The van der Waals surface area contributed by atoms with Crippen LogP contribution in [-0.2, 0) is 6.54 Å². The first-order valence-electron chi connectivity index (χ1n) is 7.90. The zero-order valence-corrected chi connectivity index (χ0v) is 12.9. The van der Waals surface area contributed by atoms with Gasteiger partial charge in [-0.05, 0) is 31.9 Å². The van der Waals surface area contributed by atoms with Crippen LogP contribution in [0.2, 0.25) is 0 Å². The number of nitrogens with one attached hydrogen (secondary N) is 1. The van der Waals surface area contributed by atoms with E-state index in [0.717, 1.165) is 44.0 Å². The van der Waals surface area contributed by atoms with Crippen LogP contribution < -0.4 is 5.32 Å². The van der Waals surface area contributed by atoms with Crippen LogP contribution in [0.4, 0.5) is 10.5 Å². The highest BCUT2D eigenvalue weighted by molar-refractivity contribution is 5.89. The van der Waals surface area contributed by atoms with Gasteiger partial charge in [0.1, 0.15) is 5.82 Å². The van der Waals surface area contributed by atoms with E-state index >= 15 is 0 Å². The van der Waals surface area contributed by atoms with Crippen molar-refractivity contribution in [2.45, 2.75) is 32.2 Å². The van der Waals surface area contributed by atoms with Gasteiger partial charge in [-0.1, -0.05) is 18.2 Å². The minimum absolute atomic E-state index is 0.0107.